The van der Waals surface area contributed by atoms with E-state index in [0.717, 1.165) is 25.0 Å². The third-order valence-electron chi connectivity index (χ3n) is 4.46. The molecule has 1 aromatic carbocycles. The number of carbonyl (C=O) groups excluding carboxylic acids is 1. The predicted molar refractivity (Wildman–Crippen MR) is 96.2 cm³/mol. The summed E-state index contributed by atoms with van der Waals surface area (Å²) in [5.74, 6) is -1.05. The summed E-state index contributed by atoms with van der Waals surface area (Å²) in [4.78, 5) is 20.9. The lowest BCUT2D eigenvalue weighted by Gasteiger charge is -2.17. The number of nitrogens with one attached hydrogen (secondary N) is 2. The lowest BCUT2D eigenvalue weighted by Crippen LogP contribution is -2.21. The van der Waals surface area contributed by atoms with Crippen LogP contribution in [-0.4, -0.2) is 21.9 Å². The molecule has 0 atom stereocenters. The molecule has 0 bridgehead atoms. The molecule has 7 heteroatoms. The van der Waals surface area contributed by atoms with Crippen LogP contribution in [0.1, 0.15) is 54.8 Å². The van der Waals surface area contributed by atoms with Crippen LogP contribution in [0.2, 0.25) is 0 Å². The fourth-order valence-electron chi connectivity index (χ4n) is 3.17. The minimum absolute atomic E-state index is 0.0917. The highest BCUT2D eigenvalue weighted by Gasteiger charge is 2.16. The molecule has 1 saturated carbocycles. The lowest BCUT2D eigenvalue weighted by molar-refractivity contribution is 0.102. The average Bonchev–Trinajstić information content (AvgIpc) is 2.85. The van der Waals surface area contributed by atoms with Gasteiger partial charge in [0.15, 0.2) is 0 Å². The zero-order valence-electron chi connectivity index (χ0n) is 14.7. The minimum Gasteiger partial charge on any atom is -0.367 e. The first-order valence-electron chi connectivity index (χ1n) is 8.90. The largest absolute Gasteiger partial charge is 0.367 e. The Kier molecular flexibility index (Phi) is 5.75. The van der Waals surface area contributed by atoms with Crippen LogP contribution in [0.25, 0.3) is 0 Å². The molecule has 5 nitrogen and oxygen atoms in total. The molecular formula is C19H22F2N4O. The Morgan fingerprint density at radius 1 is 1.08 bits per heavy atom. The zero-order chi connectivity index (χ0) is 18.5. The first kappa shape index (κ1) is 18.2. The van der Waals surface area contributed by atoms with E-state index in [1.165, 1.54) is 31.7 Å². The second-order valence-corrected chi connectivity index (χ2v) is 6.60. The number of nitrogens with zero attached hydrogens (tertiary/aromatic N) is 2. The van der Waals surface area contributed by atoms with E-state index in [1.807, 2.05) is 0 Å². The summed E-state index contributed by atoms with van der Waals surface area (Å²) in [7, 11) is 0. The van der Waals surface area contributed by atoms with Crippen LogP contribution in [-0.2, 0) is 0 Å². The Bertz CT molecular complexity index is 789. The first-order valence-corrected chi connectivity index (χ1v) is 8.90. The summed E-state index contributed by atoms with van der Waals surface area (Å²) in [6, 6.07) is 4.89. The van der Waals surface area contributed by atoms with Crippen molar-refractivity contribution in [2.45, 2.75) is 51.5 Å². The highest BCUT2D eigenvalue weighted by Crippen LogP contribution is 2.21. The van der Waals surface area contributed by atoms with Gasteiger partial charge in [0.2, 0.25) is 0 Å². The molecule has 3 rings (SSSR count). The van der Waals surface area contributed by atoms with Gasteiger partial charge in [0.25, 0.3) is 5.91 Å². The van der Waals surface area contributed by atoms with Gasteiger partial charge in [-0.05, 0) is 31.9 Å². The second-order valence-electron chi connectivity index (χ2n) is 6.60. The second kappa shape index (κ2) is 8.21. The van der Waals surface area contributed by atoms with Gasteiger partial charge in [0, 0.05) is 18.2 Å². The van der Waals surface area contributed by atoms with Gasteiger partial charge >= 0.3 is 0 Å². The molecular weight excluding hydrogens is 338 g/mol. The number of amides is 1. The van der Waals surface area contributed by atoms with Gasteiger partial charge in [-0.2, -0.15) is 0 Å². The van der Waals surface area contributed by atoms with E-state index >= 15 is 0 Å². The summed E-state index contributed by atoms with van der Waals surface area (Å²) < 4.78 is 26.7. The lowest BCUT2D eigenvalue weighted by atomic mass is 10.1. The normalized spacial score (nSPS) is 15.3. The van der Waals surface area contributed by atoms with Crippen molar-refractivity contribution < 1.29 is 13.6 Å². The molecule has 1 amide bonds. The van der Waals surface area contributed by atoms with Crippen molar-refractivity contribution in [2.24, 2.45) is 0 Å². The summed E-state index contributed by atoms with van der Waals surface area (Å²) >= 11 is 0. The molecule has 0 radical (unpaired) electrons. The van der Waals surface area contributed by atoms with Gasteiger partial charge in [-0.3, -0.25) is 4.79 Å². The molecule has 2 aromatic rings. The van der Waals surface area contributed by atoms with Crippen LogP contribution >= 0.6 is 0 Å². The number of carbonyl (C=O) groups is 1. The Labute approximate surface area is 151 Å². The summed E-state index contributed by atoms with van der Waals surface area (Å²) in [5.41, 5.74) is 0.0447. The number of halogens is 2. The molecule has 1 aliphatic rings. The van der Waals surface area contributed by atoms with Crippen molar-refractivity contribution in [3.8, 4) is 0 Å². The van der Waals surface area contributed by atoms with E-state index in [0.29, 0.717) is 17.7 Å². The number of hydrogen-bond acceptors (Lipinski definition) is 4. The molecule has 1 aromatic heterocycles. The molecule has 0 spiro atoms. The van der Waals surface area contributed by atoms with Crippen molar-refractivity contribution in [1.29, 1.82) is 0 Å². The van der Waals surface area contributed by atoms with Crippen LogP contribution < -0.4 is 10.6 Å². The van der Waals surface area contributed by atoms with E-state index in [4.69, 9.17) is 0 Å². The fraction of sp³-hybridized carbons (Fsp3) is 0.421. The smallest absolute Gasteiger partial charge is 0.274 e. The average molecular weight is 360 g/mol. The van der Waals surface area contributed by atoms with Crippen LogP contribution in [0.4, 0.5) is 20.3 Å². The van der Waals surface area contributed by atoms with Crippen LogP contribution in [0.5, 0.6) is 0 Å². The van der Waals surface area contributed by atoms with Gasteiger partial charge in [-0.25, -0.2) is 18.7 Å². The number of rotatable bonds is 4. The van der Waals surface area contributed by atoms with Crippen molar-refractivity contribution in [3.63, 3.8) is 0 Å². The molecule has 1 heterocycles. The number of aryl methyl sites for hydroxylation is 1. The minimum atomic E-state index is -0.832. The van der Waals surface area contributed by atoms with Crippen molar-refractivity contribution >= 4 is 17.4 Å². The van der Waals surface area contributed by atoms with E-state index in [2.05, 4.69) is 20.6 Å². The molecule has 2 N–H and O–H groups in total. The zero-order valence-corrected chi connectivity index (χ0v) is 14.7. The van der Waals surface area contributed by atoms with Crippen LogP contribution in [0.15, 0.2) is 24.3 Å². The van der Waals surface area contributed by atoms with Gasteiger partial charge < -0.3 is 10.6 Å². The monoisotopic (exact) mass is 360 g/mol. The van der Waals surface area contributed by atoms with Crippen LogP contribution in [0, 0.1) is 18.6 Å². The summed E-state index contributed by atoms with van der Waals surface area (Å²) in [5, 5.41) is 5.81. The quantitative estimate of drug-likeness (QED) is 0.791. The van der Waals surface area contributed by atoms with Gasteiger partial charge in [-0.1, -0.05) is 25.7 Å². The third kappa shape index (κ3) is 4.74. The van der Waals surface area contributed by atoms with E-state index < -0.39 is 17.5 Å². The molecule has 138 valence electrons. The predicted octanol–water partition coefficient (Wildman–Crippen LogP) is 4.45. The van der Waals surface area contributed by atoms with Crippen molar-refractivity contribution in [1.82, 2.24) is 9.97 Å². The van der Waals surface area contributed by atoms with Crippen LogP contribution in [0.3, 0.4) is 0 Å². The number of hydrogen-bond donors (Lipinski definition) is 2. The number of aromatic nitrogens is 2. The Morgan fingerprint density at radius 3 is 2.50 bits per heavy atom. The third-order valence-corrected chi connectivity index (χ3v) is 4.46. The SMILES string of the molecule is Cc1nc(NC2CCCCCC2)cc(C(=O)Nc2ccc(F)cc2F)n1. The highest BCUT2D eigenvalue weighted by molar-refractivity contribution is 6.03. The summed E-state index contributed by atoms with van der Waals surface area (Å²) in [6.07, 6.45) is 7.00. The Hall–Kier alpha value is -2.57. The van der Waals surface area contributed by atoms with Gasteiger partial charge in [0.1, 0.15) is 29.0 Å². The first-order chi connectivity index (χ1) is 12.5. The Balaban J connectivity index is 1.74. The number of benzene rings is 1. The molecule has 26 heavy (non-hydrogen) atoms. The maximum Gasteiger partial charge on any atom is 0.274 e. The fourth-order valence-corrected chi connectivity index (χ4v) is 3.17. The highest BCUT2D eigenvalue weighted by atomic mass is 19.1. The van der Waals surface area contributed by atoms with Gasteiger partial charge in [0.05, 0.1) is 5.69 Å². The van der Waals surface area contributed by atoms with Crippen molar-refractivity contribution in [3.05, 3.63) is 47.4 Å². The topological polar surface area (TPSA) is 66.9 Å². The number of anilines is 2. The van der Waals surface area contributed by atoms with E-state index in [1.54, 1.807) is 13.0 Å². The molecule has 0 aliphatic heterocycles. The Morgan fingerprint density at radius 2 is 1.81 bits per heavy atom. The van der Waals surface area contributed by atoms with E-state index in [-0.39, 0.29) is 11.4 Å². The van der Waals surface area contributed by atoms with Gasteiger partial charge in [-0.15, -0.1) is 0 Å². The summed E-state index contributed by atoms with van der Waals surface area (Å²) in [6.45, 7) is 1.70. The molecule has 0 saturated heterocycles. The van der Waals surface area contributed by atoms with E-state index in [9.17, 15) is 13.6 Å². The standard InChI is InChI=1S/C19H22F2N4O/c1-12-22-17(19(26)25-16-9-8-13(20)10-15(16)21)11-18(23-12)24-14-6-4-2-3-5-7-14/h8-11,14H,2-7H2,1H3,(H,25,26)(H,22,23,24). The maximum absolute atomic E-state index is 13.7. The maximum atomic E-state index is 13.7. The molecule has 0 unspecified atom stereocenters. The molecule has 1 fully saturated rings. The van der Waals surface area contributed by atoms with Crippen molar-refractivity contribution in [2.75, 3.05) is 10.6 Å². The molecule has 1 aliphatic carbocycles.